The molecule has 0 heterocycles. The number of halogens is 1. The zero-order valence-corrected chi connectivity index (χ0v) is 18.0. The first kappa shape index (κ1) is 23.4. The summed E-state index contributed by atoms with van der Waals surface area (Å²) in [6.07, 6.45) is 5.72. The summed E-state index contributed by atoms with van der Waals surface area (Å²) in [5, 5.41) is 2.93. The van der Waals surface area contributed by atoms with Crippen molar-refractivity contribution >= 4 is 12.0 Å². The highest BCUT2D eigenvalue weighted by molar-refractivity contribution is 5.78. The summed E-state index contributed by atoms with van der Waals surface area (Å²) >= 11 is 0. The van der Waals surface area contributed by atoms with E-state index >= 15 is 0 Å². The molecule has 0 unspecified atom stereocenters. The highest BCUT2D eigenvalue weighted by Gasteiger charge is 2.06. The van der Waals surface area contributed by atoms with Crippen LogP contribution in [0.3, 0.4) is 0 Å². The van der Waals surface area contributed by atoms with Crippen LogP contribution in [0.1, 0.15) is 24.0 Å². The summed E-state index contributed by atoms with van der Waals surface area (Å²) in [6.45, 7) is 2.47. The number of benzene rings is 2. The van der Waals surface area contributed by atoms with Crippen molar-refractivity contribution < 1.29 is 18.7 Å². The van der Waals surface area contributed by atoms with Crippen molar-refractivity contribution in [1.82, 2.24) is 10.2 Å². The van der Waals surface area contributed by atoms with E-state index in [1.807, 2.05) is 18.2 Å². The summed E-state index contributed by atoms with van der Waals surface area (Å²) in [5.41, 5.74) is 2.07. The third-order valence-corrected chi connectivity index (χ3v) is 4.75. The zero-order valence-electron chi connectivity index (χ0n) is 18.0. The van der Waals surface area contributed by atoms with E-state index in [0.29, 0.717) is 13.0 Å². The fourth-order valence-electron chi connectivity index (χ4n) is 2.99. The topological polar surface area (TPSA) is 50.8 Å². The van der Waals surface area contributed by atoms with E-state index < -0.39 is 0 Å². The van der Waals surface area contributed by atoms with Gasteiger partial charge in [-0.3, -0.25) is 4.79 Å². The normalized spacial score (nSPS) is 11.1. The van der Waals surface area contributed by atoms with Gasteiger partial charge in [-0.05, 0) is 61.8 Å². The largest absolute Gasteiger partial charge is 0.493 e. The molecule has 0 aliphatic rings. The first-order chi connectivity index (χ1) is 14.5. The van der Waals surface area contributed by atoms with Crippen LogP contribution in [0.25, 0.3) is 6.08 Å². The van der Waals surface area contributed by atoms with Crippen LogP contribution in [0.2, 0.25) is 0 Å². The smallest absolute Gasteiger partial charge is 0.223 e. The van der Waals surface area contributed by atoms with E-state index in [9.17, 15) is 9.18 Å². The van der Waals surface area contributed by atoms with E-state index in [2.05, 4.69) is 23.3 Å². The summed E-state index contributed by atoms with van der Waals surface area (Å²) in [4.78, 5) is 14.1. The van der Waals surface area contributed by atoms with E-state index in [-0.39, 0.29) is 11.7 Å². The average molecular weight is 415 g/mol. The molecule has 0 bridgehead atoms. The van der Waals surface area contributed by atoms with Crippen molar-refractivity contribution in [2.24, 2.45) is 0 Å². The summed E-state index contributed by atoms with van der Waals surface area (Å²) in [6, 6.07) is 12.2. The van der Waals surface area contributed by atoms with Crippen molar-refractivity contribution in [3.63, 3.8) is 0 Å². The maximum absolute atomic E-state index is 12.9. The van der Waals surface area contributed by atoms with E-state index in [1.54, 1.807) is 32.4 Å². The molecule has 0 saturated carbocycles. The molecule has 2 rings (SSSR count). The second kappa shape index (κ2) is 12.6. The molecular weight excluding hydrogens is 383 g/mol. The highest BCUT2D eigenvalue weighted by Crippen LogP contribution is 2.27. The fourth-order valence-corrected chi connectivity index (χ4v) is 2.99. The number of likely N-dealkylation sites (N-methyl/N-ethyl adjacent to an activating group) is 1. The van der Waals surface area contributed by atoms with Gasteiger partial charge in [0, 0.05) is 19.5 Å². The molecular formula is C24H31FN2O3. The van der Waals surface area contributed by atoms with Gasteiger partial charge in [0.15, 0.2) is 11.5 Å². The Labute approximate surface area is 178 Å². The average Bonchev–Trinajstić information content (AvgIpc) is 2.76. The van der Waals surface area contributed by atoms with E-state index in [1.165, 1.54) is 17.7 Å². The first-order valence-electron chi connectivity index (χ1n) is 10.1. The number of ether oxygens (including phenoxy) is 2. The van der Waals surface area contributed by atoms with Crippen LogP contribution < -0.4 is 14.8 Å². The molecule has 0 radical (unpaired) electrons. The molecule has 0 spiro atoms. The van der Waals surface area contributed by atoms with Crippen LogP contribution in [0, 0.1) is 5.82 Å². The van der Waals surface area contributed by atoms with Crippen LogP contribution in [0.5, 0.6) is 11.5 Å². The Morgan fingerprint density at radius 3 is 2.50 bits per heavy atom. The molecule has 2 aromatic rings. The minimum absolute atomic E-state index is 0.0126. The van der Waals surface area contributed by atoms with Gasteiger partial charge in [-0.15, -0.1) is 0 Å². The van der Waals surface area contributed by atoms with Crippen LogP contribution in [0.4, 0.5) is 4.39 Å². The second-order valence-electron chi connectivity index (χ2n) is 7.10. The Morgan fingerprint density at radius 1 is 1.07 bits per heavy atom. The lowest BCUT2D eigenvalue weighted by Crippen LogP contribution is -2.28. The third-order valence-electron chi connectivity index (χ3n) is 4.75. The summed E-state index contributed by atoms with van der Waals surface area (Å²) < 4.78 is 23.5. The Balaban J connectivity index is 1.60. The SMILES string of the molecule is COc1ccc(CCN(C)CCCNC(=O)CC=Cc2ccc(F)cc2)cc1OC. The van der Waals surface area contributed by atoms with Crippen LogP contribution in [-0.2, 0) is 11.2 Å². The standard InChI is InChI=1S/C24H31FN2O3/c1-27(17-14-20-10-13-22(29-2)23(18-20)30-3)16-5-15-26-24(28)7-4-6-19-8-11-21(25)12-9-19/h4,6,8-13,18H,5,7,14-17H2,1-3H3,(H,26,28). The van der Waals surface area contributed by atoms with Gasteiger partial charge in [-0.1, -0.05) is 30.4 Å². The molecule has 5 nitrogen and oxygen atoms in total. The number of carbonyl (C=O) groups is 1. The van der Waals surface area contributed by atoms with Gasteiger partial charge in [0.2, 0.25) is 5.91 Å². The monoisotopic (exact) mass is 414 g/mol. The molecule has 0 aliphatic heterocycles. The molecule has 1 N–H and O–H groups in total. The number of rotatable bonds is 12. The molecule has 0 fully saturated rings. The van der Waals surface area contributed by atoms with E-state index in [4.69, 9.17) is 9.47 Å². The maximum Gasteiger partial charge on any atom is 0.223 e. The zero-order chi connectivity index (χ0) is 21.8. The first-order valence-corrected chi connectivity index (χ1v) is 10.1. The minimum atomic E-state index is -0.265. The highest BCUT2D eigenvalue weighted by atomic mass is 19.1. The number of nitrogens with zero attached hydrogens (tertiary/aromatic N) is 1. The van der Waals surface area contributed by atoms with Gasteiger partial charge in [0.05, 0.1) is 14.2 Å². The van der Waals surface area contributed by atoms with Crippen molar-refractivity contribution in [1.29, 1.82) is 0 Å². The quantitative estimate of drug-likeness (QED) is 0.535. The molecule has 6 heteroatoms. The molecule has 30 heavy (non-hydrogen) atoms. The number of carbonyl (C=O) groups excluding carboxylic acids is 1. The van der Waals surface area contributed by atoms with Crippen LogP contribution in [-0.4, -0.2) is 51.7 Å². The van der Waals surface area contributed by atoms with Gasteiger partial charge in [-0.25, -0.2) is 4.39 Å². The van der Waals surface area contributed by atoms with Crippen LogP contribution in [0.15, 0.2) is 48.5 Å². The fraction of sp³-hybridized carbons (Fsp3) is 0.375. The maximum atomic E-state index is 12.9. The molecule has 0 aliphatic carbocycles. The molecule has 2 aromatic carbocycles. The Hall–Kier alpha value is -2.86. The lowest BCUT2D eigenvalue weighted by molar-refractivity contribution is -0.120. The van der Waals surface area contributed by atoms with E-state index in [0.717, 1.165) is 43.0 Å². The summed E-state index contributed by atoms with van der Waals surface area (Å²) in [7, 11) is 5.35. The molecule has 162 valence electrons. The molecule has 0 saturated heterocycles. The number of hydrogen-bond donors (Lipinski definition) is 1. The Morgan fingerprint density at radius 2 is 1.80 bits per heavy atom. The Kier molecular flexibility index (Phi) is 9.87. The number of nitrogens with one attached hydrogen (secondary N) is 1. The van der Waals surface area contributed by atoms with Crippen molar-refractivity contribution in [2.75, 3.05) is 40.9 Å². The number of hydrogen-bond acceptors (Lipinski definition) is 4. The second-order valence-corrected chi connectivity index (χ2v) is 7.10. The molecule has 1 amide bonds. The van der Waals surface area contributed by atoms with Gasteiger partial charge >= 0.3 is 0 Å². The molecule has 0 atom stereocenters. The number of amides is 1. The van der Waals surface area contributed by atoms with Crippen molar-refractivity contribution in [2.45, 2.75) is 19.3 Å². The van der Waals surface area contributed by atoms with Gasteiger partial charge in [0.25, 0.3) is 0 Å². The lowest BCUT2D eigenvalue weighted by Gasteiger charge is -2.17. The van der Waals surface area contributed by atoms with Gasteiger partial charge in [0.1, 0.15) is 5.82 Å². The number of methoxy groups -OCH3 is 2. The Bertz CT molecular complexity index is 822. The predicted octanol–water partition coefficient (Wildman–Crippen LogP) is 3.93. The van der Waals surface area contributed by atoms with Gasteiger partial charge < -0.3 is 19.7 Å². The van der Waals surface area contributed by atoms with Crippen molar-refractivity contribution in [3.8, 4) is 11.5 Å². The summed E-state index contributed by atoms with van der Waals surface area (Å²) in [5.74, 6) is 1.20. The minimum Gasteiger partial charge on any atom is -0.493 e. The van der Waals surface area contributed by atoms with Gasteiger partial charge in [-0.2, -0.15) is 0 Å². The third kappa shape index (κ3) is 8.25. The van der Waals surface area contributed by atoms with Crippen molar-refractivity contribution in [3.05, 3.63) is 65.5 Å². The molecule has 0 aromatic heterocycles. The van der Waals surface area contributed by atoms with Crippen LogP contribution >= 0.6 is 0 Å². The predicted molar refractivity (Wildman–Crippen MR) is 118 cm³/mol. The lowest BCUT2D eigenvalue weighted by atomic mass is 10.1.